The number of hydrogen-bond donors (Lipinski definition) is 1. The van der Waals surface area contributed by atoms with E-state index in [4.69, 9.17) is 10.5 Å². The molecule has 0 spiro atoms. The van der Waals surface area contributed by atoms with Gasteiger partial charge < -0.3 is 10.5 Å². The third kappa shape index (κ3) is 14.9. The maximum atomic E-state index is 10.8. The Morgan fingerprint density at radius 3 is 1.79 bits per heavy atom. The Morgan fingerprint density at radius 2 is 1.63 bits per heavy atom. The zero-order valence-corrected chi connectivity index (χ0v) is 13.6. The number of rotatable bonds is 5. The third-order valence-electron chi connectivity index (χ3n) is 2.73. The molecule has 2 unspecified atom stereocenters. The zero-order chi connectivity index (χ0) is 15.6. The summed E-state index contributed by atoms with van der Waals surface area (Å²) < 4.78 is 4.80. The molecule has 2 atom stereocenters. The highest BCUT2D eigenvalue weighted by Gasteiger charge is 2.15. The summed E-state index contributed by atoms with van der Waals surface area (Å²) in [4.78, 5) is 21.0. The Bertz CT molecular complexity index is 269. The normalized spacial score (nSPS) is 13.8. The van der Waals surface area contributed by atoms with E-state index in [0.717, 1.165) is 19.3 Å². The summed E-state index contributed by atoms with van der Waals surface area (Å²) in [5, 5.41) is 0. The van der Waals surface area contributed by atoms with E-state index in [0.29, 0.717) is 5.92 Å². The van der Waals surface area contributed by atoms with Crippen molar-refractivity contribution in [3.05, 3.63) is 0 Å². The largest absolute Gasteiger partial charge is 0.460 e. The van der Waals surface area contributed by atoms with Crippen LogP contribution in [-0.4, -0.2) is 17.5 Å². The van der Waals surface area contributed by atoms with Crippen LogP contribution in [0.2, 0.25) is 0 Å². The zero-order valence-electron chi connectivity index (χ0n) is 13.6. The molecule has 0 saturated heterocycles. The fourth-order valence-electron chi connectivity index (χ4n) is 1.57. The van der Waals surface area contributed by atoms with Gasteiger partial charge in [-0.2, -0.15) is 0 Å². The second-order valence-electron chi connectivity index (χ2n) is 5.96. The first-order valence-corrected chi connectivity index (χ1v) is 7.02. The quantitative estimate of drug-likeness (QED) is 0.781. The predicted molar refractivity (Wildman–Crippen MR) is 78.6 cm³/mol. The van der Waals surface area contributed by atoms with Crippen molar-refractivity contribution in [3.63, 3.8) is 0 Å². The lowest BCUT2D eigenvalue weighted by Gasteiger charge is -2.17. The summed E-state index contributed by atoms with van der Waals surface area (Å²) in [5.74, 6) is 0.336. The molecule has 0 bridgehead atoms. The highest BCUT2D eigenvalue weighted by molar-refractivity contribution is 5.76. The molecule has 0 rings (SSSR count). The number of amides is 1. The molecule has 2 N–H and O–H groups in total. The first-order valence-electron chi connectivity index (χ1n) is 7.02. The number of ether oxygens (including phenoxy) is 1. The lowest BCUT2D eigenvalue weighted by molar-refractivity contribution is -0.151. The van der Waals surface area contributed by atoms with Crippen molar-refractivity contribution in [2.75, 3.05) is 0 Å². The van der Waals surface area contributed by atoms with Crippen LogP contribution in [0.4, 0.5) is 0 Å². The molecular weight excluding hydrogens is 242 g/mol. The van der Waals surface area contributed by atoms with Crippen LogP contribution in [0, 0.1) is 11.8 Å². The summed E-state index contributed by atoms with van der Waals surface area (Å²) in [7, 11) is 0. The monoisotopic (exact) mass is 273 g/mol. The SMILES string of the molecule is CC(=O)OC(C)(C)C.CCC(C)CC(CC)C(N)=O. The van der Waals surface area contributed by atoms with E-state index in [9.17, 15) is 9.59 Å². The second kappa shape index (κ2) is 9.82. The summed E-state index contributed by atoms with van der Waals surface area (Å²) in [5.41, 5.74) is 4.88. The number of hydrogen-bond acceptors (Lipinski definition) is 3. The first-order chi connectivity index (χ1) is 8.53. The van der Waals surface area contributed by atoms with Crippen LogP contribution in [0.15, 0.2) is 0 Å². The standard InChI is InChI=1S/C9H19NO.C6H12O2/c1-4-7(3)6-8(5-2)9(10)11;1-5(7)8-6(2,3)4/h7-8H,4-6H2,1-3H3,(H2,10,11);1-4H3. The number of nitrogens with two attached hydrogens (primary N) is 1. The van der Waals surface area contributed by atoms with Crippen LogP contribution in [-0.2, 0) is 14.3 Å². The molecular formula is C15H31NO3. The van der Waals surface area contributed by atoms with Crippen LogP contribution in [0.1, 0.15) is 67.7 Å². The topological polar surface area (TPSA) is 69.4 Å². The number of carbonyl (C=O) groups is 2. The van der Waals surface area contributed by atoms with E-state index in [2.05, 4.69) is 13.8 Å². The van der Waals surface area contributed by atoms with Crippen molar-refractivity contribution in [1.82, 2.24) is 0 Å². The van der Waals surface area contributed by atoms with E-state index < -0.39 is 0 Å². The Hall–Kier alpha value is -1.06. The maximum Gasteiger partial charge on any atom is 0.303 e. The minimum Gasteiger partial charge on any atom is -0.460 e. The smallest absolute Gasteiger partial charge is 0.303 e. The van der Waals surface area contributed by atoms with Gasteiger partial charge in [0.2, 0.25) is 5.91 Å². The van der Waals surface area contributed by atoms with Gasteiger partial charge in [-0.25, -0.2) is 0 Å². The molecule has 114 valence electrons. The molecule has 0 fully saturated rings. The van der Waals surface area contributed by atoms with Gasteiger partial charge in [-0.3, -0.25) is 9.59 Å². The van der Waals surface area contributed by atoms with Crippen molar-refractivity contribution in [2.24, 2.45) is 17.6 Å². The molecule has 0 aliphatic carbocycles. The average molecular weight is 273 g/mol. The molecule has 0 saturated carbocycles. The predicted octanol–water partition coefficient (Wildman–Crippen LogP) is 3.28. The van der Waals surface area contributed by atoms with E-state index in [1.165, 1.54) is 6.92 Å². The van der Waals surface area contributed by atoms with Crippen LogP contribution in [0.5, 0.6) is 0 Å². The second-order valence-corrected chi connectivity index (χ2v) is 5.96. The van der Waals surface area contributed by atoms with Crippen LogP contribution < -0.4 is 5.73 Å². The van der Waals surface area contributed by atoms with E-state index in [1.54, 1.807) is 0 Å². The molecule has 0 aliphatic heterocycles. The Balaban J connectivity index is 0. The van der Waals surface area contributed by atoms with E-state index in [1.807, 2.05) is 27.7 Å². The summed E-state index contributed by atoms with van der Waals surface area (Å²) in [6.45, 7) is 13.2. The van der Waals surface area contributed by atoms with Crippen molar-refractivity contribution < 1.29 is 14.3 Å². The van der Waals surface area contributed by atoms with Gasteiger partial charge in [0, 0.05) is 12.8 Å². The van der Waals surface area contributed by atoms with E-state index >= 15 is 0 Å². The highest BCUT2D eigenvalue weighted by atomic mass is 16.6. The molecule has 0 aromatic carbocycles. The van der Waals surface area contributed by atoms with E-state index in [-0.39, 0.29) is 23.4 Å². The average Bonchev–Trinajstić information content (AvgIpc) is 2.22. The van der Waals surface area contributed by atoms with Crippen molar-refractivity contribution in [3.8, 4) is 0 Å². The van der Waals surface area contributed by atoms with Gasteiger partial charge >= 0.3 is 5.97 Å². The van der Waals surface area contributed by atoms with Crippen molar-refractivity contribution >= 4 is 11.9 Å². The highest BCUT2D eigenvalue weighted by Crippen LogP contribution is 2.17. The molecule has 19 heavy (non-hydrogen) atoms. The van der Waals surface area contributed by atoms with Gasteiger partial charge in [-0.15, -0.1) is 0 Å². The van der Waals surface area contributed by atoms with Gasteiger partial charge in [-0.1, -0.05) is 27.2 Å². The molecule has 0 aromatic heterocycles. The molecule has 0 heterocycles. The fourth-order valence-corrected chi connectivity index (χ4v) is 1.57. The lowest BCUT2D eigenvalue weighted by atomic mass is 9.92. The fraction of sp³-hybridized carbons (Fsp3) is 0.867. The molecule has 4 heteroatoms. The number of carbonyl (C=O) groups excluding carboxylic acids is 2. The Morgan fingerprint density at radius 1 is 1.16 bits per heavy atom. The third-order valence-corrected chi connectivity index (χ3v) is 2.73. The summed E-state index contributed by atoms with van der Waals surface area (Å²) in [6, 6.07) is 0. The van der Waals surface area contributed by atoms with Crippen molar-refractivity contribution in [1.29, 1.82) is 0 Å². The molecule has 0 aliphatic rings. The summed E-state index contributed by atoms with van der Waals surface area (Å²) in [6.07, 6.45) is 2.95. The molecule has 0 radical (unpaired) electrons. The Kier molecular flexibility index (Phi) is 10.5. The summed E-state index contributed by atoms with van der Waals surface area (Å²) >= 11 is 0. The van der Waals surface area contributed by atoms with Crippen LogP contribution in [0.25, 0.3) is 0 Å². The molecule has 4 nitrogen and oxygen atoms in total. The van der Waals surface area contributed by atoms with Crippen LogP contribution >= 0.6 is 0 Å². The minimum atomic E-state index is -0.328. The van der Waals surface area contributed by atoms with Crippen molar-refractivity contribution in [2.45, 2.75) is 73.3 Å². The number of esters is 1. The molecule has 1 amide bonds. The lowest BCUT2D eigenvalue weighted by Crippen LogP contribution is -2.24. The minimum absolute atomic E-state index is 0.0879. The van der Waals surface area contributed by atoms with Gasteiger partial charge in [0.25, 0.3) is 0 Å². The maximum absolute atomic E-state index is 10.8. The van der Waals surface area contributed by atoms with Gasteiger partial charge in [0.1, 0.15) is 5.60 Å². The first kappa shape index (κ1) is 20.3. The van der Waals surface area contributed by atoms with Gasteiger partial charge in [0.15, 0.2) is 0 Å². The number of primary amides is 1. The molecule has 0 aromatic rings. The van der Waals surface area contributed by atoms with Gasteiger partial charge in [-0.05, 0) is 39.5 Å². The van der Waals surface area contributed by atoms with Gasteiger partial charge in [0.05, 0.1) is 0 Å². The Labute approximate surface area is 118 Å². The van der Waals surface area contributed by atoms with Crippen LogP contribution in [0.3, 0.4) is 0 Å².